The van der Waals surface area contributed by atoms with Crippen LogP contribution >= 0.6 is 11.6 Å². The number of hydrogen-bond donors (Lipinski definition) is 2. The molecule has 2 N–H and O–H groups in total. The molecule has 0 aliphatic carbocycles. The van der Waals surface area contributed by atoms with Gasteiger partial charge in [0.05, 0.1) is 16.9 Å². The maximum Gasteiger partial charge on any atom is 0.249 e. The van der Waals surface area contributed by atoms with Crippen LogP contribution in [0.1, 0.15) is 28.4 Å². The fraction of sp³-hybridized carbons (Fsp3) is 0.158. The van der Waals surface area contributed by atoms with Crippen LogP contribution in [0.25, 0.3) is 0 Å². The highest BCUT2D eigenvalue weighted by atomic mass is 35.5. The van der Waals surface area contributed by atoms with Gasteiger partial charge < -0.3 is 10.6 Å². The first-order valence-corrected chi connectivity index (χ1v) is 8.41. The zero-order chi connectivity index (χ0) is 18.7. The molecule has 0 fully saturated rings. The van der Waals surface area contributed by atoms with Crippen LogP contribution in [0.2, 0.25) is 5.02 Å². The first kappa shape index (κ1) is 17.8. The van der Waals surface area contributed by atoms with Gasteiger partial charge in [-0.25, -0.2) is 0 Å². The lowest BCUT2D eigenvalue weighted by Gasteiger charge is -2.12. The van der Waals surface area contributed by atoms with Gasteiger partial charge in [-0.2, -0.15) is 10.1 Å². The van der Waals surface area contributed by atoms with Gasteiger partial charge in [0.2, 0.25) is 5.95 Å². The molecule has 0 saturated carbocycles. The number of hydrogen-bond acceptors (Lipinski definition) is 6. The molecule has 26 heavy (non-hydrogen) atoms. The maximum absolute atomic E-state index is 11.3. The summed E-state index contributed by atoms with van der Waals surface area (Å²) in [5.41, 5.74) is 4.29. The predicted molar refractivity (Wildman–Crippen MR) is 104 cm³/mol. The molecule has 2 aromatic carbocycles. The molecule has 7 heteroatoms. The van der Waals surface area contributed by atoms with E-state index in [1.165, 1.54) is 13.1 Å². The summed E-state index contributed by atoms with van der Waals surface area (Å²) < 4.78 is 0. The van der Waals surface area contributed by atoms with E-state index in [2.05, 4.69) is 25.8 Å². The largest absolute Gasteiger partial charge is 0.339 e. The van der Waals surface area contributed by atoms with Gasteiger partial charge in [-0.15, -0.1) is 5.10 Å². The smallest absolute Gasteiger partial charge is 0.249 e. The van der Waals surface area contributed by atoms with Crippen molar-refractivity contribution in [3.63, 3.8) is 0 Å². The Morgan fingerprint density at radius 2 is 1.81 bits per heavy atom. The lowest BCUT2D eigenvalue weighted by molar-refractivity contribution is 0.101. The van der Waals surface area contributed by atoms with E-state index in [0.29, 0.717) is 22.4 Å². The summed E-state index contributed by atoms with van der Waals surface area (Å²) in [7, 11) is 0. The molecule has 6 nitrogen and oxygen atoms in total. The molecule has 0 aliphatic rings. The predicted octanol–water partition coefficient (Wildman–Crippen LogP) is 4.83. The van der Waals surface area contributed by atoms with Crippen molar-refractivity contribution in [2.75, 3.05) is 10.6 Å². The number of benzene rings is 2. The van der Waals surface area contributed by atoms with Crippen molar-refractivity contribution in [1.82, 2.24) is 15.2 Å². The highest BCUT2D eigenvalue weighted by molar-refractivity contribution is 6.33. The summed E-state index contributed by atoms with van der Waals surface area (Å²) in [6.07, 6.45) is 1.52. The highest BCUT2D eigenvalue weighted by Gasteiger charge is 2.09. The Balaban J connectivity index is 1.79. The van der Waals surface area contributed by atoms with Gasteiger partial charge in [-0.05, 0) is 62.2 Å². The van der Waals surface area contributed by atoms with Crippen molar-refractivity contribution in [2.45, 2.75) is 20.8 Å². The number of aromatic nitrogens is 3. The second-order valence-corrected chi connectivity index (χ2v) is 6.39. The molecule has 0 unspecified atom stereocenters. The molecule has 0 saturated heterocycles. The summed E-state index contributed by atoms with van der Waals surface area (Å²) in [6.45, 7) is 5.49. The molecule has 1 aromatic heterocycles. The zero-order valence-corrected chi connectivity index (χ0v) is 15.4. The second-order valence-electron chi connectivity index (χ2n) is 5.99. The second kappa shape index (κ2) is 7.49. The van der Waals surface area contributed by atoms with Crippen molar-refractivity contribution < 1.29 is 4.79 Å². The third-order valence-electron chi connectivity index (χ3n) is 3.79. The minimum atomic E-state index is 0.0251. The number of halogens is 1. The van der Waals surface area contributed by atoms with E-state index in [4.69, 9.17) is 11.6 Å². The molecule has 3 aromatic rings. The quantitative estimate of drug-likeness (QED) is 0.628. The van der Waals surface area contributed by atoms with Crippen LogP contribution < -0.4 is 10.6 Å². The Hall–Kier alpha value is -2.99. The lowest BCUT2D eigenvalue weighted by atomic mass is 10.1. The normalized spacial score (nSPS) is 10.5. The molecular formula is C19H18ClN5O. The molecule has 1 heterocycles. The number of nitrogens with one attached hydrogen (secondary N) is 2. The number of rotatable bonds is 5. The van der Waals surface area contributed by atoms with Crippen LogP contribution in [0.5, 0.6) is 0 Å². The van der Waals surface area contributed by atoms with Crippen LogP contribution in [0, 0.1) is 13.8 Å². The van der Waals surface area contributed by atoms with E-state index in [9.17, 15) is 4.79 Å². The van der Waals surface area contributed by atoms with Gasteiger partial charge >= 0.3 is 0 Å². The van der Waals surface area contributed by atoms with Gasteiger partial charge in [0.1, 0.15) is 0 Å². The van der Waals surface area contributed by atoms with E-state index in [1.54, 1.807) is 12.1 Å². The minimum absolute atomic E-state index is 0.0251. The Kier molecular flexibility index (Phi) is 5.14. The standard InChI is InChI=1S/C19H18ClN5O/c1-11-8-12(2)18(16(20)9-11)24-19-23-17(10-21-25-19)22-15-6-4-14(5-7-15)13(3)26/h4-10H,1-3H3,(H2,22,23,24,25). The Bertz CT molecular complexity index is 933. The topological polar surface area (TPSA) is 79.8 Å². The highest BCUT2D eigenvalue weighted by Crippen LogP contribution is 2.29. The van der Waals surface area contributed by atoms with E-state index in [0.717, 1.165) is 22.5 Å². The molecule has 0 spiro atoms. The van der Waals surface area contributed by atoms with Gasteiger partial charge in [0.15, 0.2) is 11.6 Å². The summed E-state index contributed by atoms with van der Waals surface area (Å²) in [5, 5.41) is 14.8. The average Bonchev–Trinajstić information content (AvgIpc) is 2.59. The Morgan fingerprint density at radius 3 is 2.46 bits per heavy atom. The molecule has 132 valence electrons. The molecule has 0 atom stereocenters. The Morgan fingerprint density at radius 1 is 1.08 bits per heavy atom. The third kappa shape index (κ3) is 4.15. The molecule has 0 amide bonds. The SMILES string of the molecule is CC(=O)c1ccc(Nc2cnnc(Nc3c(C)cc(C)cc3Cl)n2)cc1. The zero-order valence-electron chi connectivity index (χ0n) is 14.7. The maximum atomic E-state index is 11.3. The van der Waals surface area contributed by atoms with Crippen LogP contribution in [0.3, 0.4) is 0 Å². The molecule has 0 aliphatic heterocycles. The van der Waals surface area contributed by atoms with Gasteiger partial charge in [-0.3, -0.25) is 4.79 Å². The van der Waals surface area contributed by atoms with Crippen LogP contribution in [0.4, 0.5) is 23.1 Å². The molecule has 3 rings (SSSR count). The average molecular weight is 368 g/mol. The molecule has 0 radical (unpaired) electrons. The monoisotopic (exact) mass is 367 g/mol. The Labute approximate surface area is 156 Å². The van der Waals surface area contributed by atoms with Crippen LogP contribution in [-0.2, 0) is 0 Å². The van der Waals surface area contributed by atoms with E-state index in [1.807, 2.05) is 38.1 Å². The van der Waals surface area contributed by atoms with Gasteiger partial charge in [0.25, 0.3) is 0 Å². The first-order valence-electron chi connectivity index (χ1n) is 8.04. The van der Waals surface area contributed by atoms with Crippen LogP contribution in [-0.4, -0.2) is 21.0 Å². The number of carbonyl (C=O) groups excluding carboxylic acids is 1. The van der Waals surface area contributed by atoms with E-state index >= 15 is 0 Å². The first-order chi connectivity index (χ1) is 12.4. The number of Topliss-reactive ketones (excluding diaryl/α,β-unsaturated/α-hetero) is 1. The number of anilines is 4. The van der Waals surface area contributed by atoms with Gasteiger partial charge in [-0.1, -0.05) is 17.7 Å². The molecular weight excluding hydrogens is 350 g/mol. The minimum Gasteiger partial charge on any atom is -0.339 e. The number of aryl methyl sites for hydroxylation is 2. The fourth-order valence-electron chi connectivity index (χ4n) is 2.54. The molecule has 0 bridgehead atoms. The lowest BCUT2D eigenvalue weighted by Crippen LogP contribution is -2.04. The van der Waals surface area contributed by atoms with Crippen molar-refractivity contribution >= 4 is 40.5 Å². The summed E-state index contributed by atoms with van der Waals surface area (Å²) in [6, 6.07) is 11.0. The van der Waals surface area contributed by atoms with Crippen molar-refractivity contribution in [2.24, 2.45) is 0 Å². The third-order valence-corrected chi connectivity index (χ3v) is 4.09. The number of ketones is 1. The van der Waals surface area contributed by atoms with Crippen molar-refractivity contribution in [1.29, 1.82) is 0 Å². The summed E-state index contributed by atoms with van der Waals surface area (Å²) in [4.78, 5) is 15.7. The number of nitrogens with zero attached hydrogens (tertiary/aromatic N) is 3. The van der Waals surface area contributed by atoms with Crippen molar-refractivity contribution in [3.05, 3.63) is 64.3 Å². The number of carbonyl (C=O) groups is 1. The fourth-order valence-corrected chi connectivity index (χ4v) is 2.91. The van der Waals surface area contributed by atoms with E-state index in [-0.39, 0.29) is 5.78 Å². The van der Waals surface area contributed by atoms with E-state index < -0.39 is 0 Å². The van der Waals surface area contributed by atoms with Crippen LogP contribution in [0.15, 0.2) is 42.6 Å². The van der Waals surface area contributed by atoms with Crippen molar-refractivity contribution in [3.8, 4) is 0 Å². The summed E-state index contributed by atoms with van der Waals surface area (Å²) >= 11 is 6.31. The van der Waals surface area contributed by atoms with Gasteiger partial charge in [0, 0.05) is 11.3 Å². The summed E-state index contributed by atoms with van der Waals surface area (Å²) in [5.74, 6) is 0.889.